The normalized spacial score (nSPS) is 11.3. The highest BCUT2D eigenvalue weighted by Gasteiger charge is 2.10. The molecule has 0 unspecified atom stereocenters. The molecule has 0 spiro atoms. The molecule has 0 aliphatic carbocycles. The van der Waals surface area contributed by atoms with Crippen molar-refractivity contribution in [3.05, 3.63) is 34.3 Å². The van der Waals surface area contributed by atoms with Crippen LogP contribution in [0.15, 0.2) is 33.7 Å². The summed E-state index contributed by atoms with van der Waals surface area (Å²) in [5.74, 6) is 0.803. The molecule has 6 nitrogen and oxygen atoms in total. The Balaban J connectivity index is 2.39. The lowest BCUT2D eigenvalue weighted by molar-refractivity contribution is -0.130. The van der Waals surface area contributed by atoms with E-state index in [1.807, 2.05) is 45.2 Å². The van der Waals surface area contributed by atoms with Crippen LogP contribution in [0.5, 0.6) is 0 Å². The fraction of sp³-hybridized carbons (Fsp3) is 0.556. The molecular formula is C18H29BrN4O2. The maximum Gasteiger partial charge on any atom is 0.224 e. The largest absolute Gasteiger partial charge is 0.380 e. The summed E-state index contributed by atoms with van der Waals surface area (Å²) in [5.41, 5.74) is 1.09. The number of carbonyl (C=O) groups is 1. The van der Waals surface area contributed by atoms with Crippen molar-refractivity contribution in [2.45, 2.75) is 26.8 Å². The van der Waals surface area contributed by atoms with Crippen LogP contribution in [0, 0.1) is 0 Å². The second kappa shape index (κ2) is 12.7. The third kappa shape index (κ3) is 8.88. The highest BCUT2D eigenvalue weighted by atomic mass is 79.9. The fourth-order valence-corrected chi connectivity index (χ4v) is 2.57. The fourth-order valence-electron chi connectivity index (χ4n) is 2.16. The van der Waals surface area contributed by atoms with Gasteiger partial charge < -0.3 is 20.3 Å². The number of ether oxygens (including phenoxy) is 1. The first kappa shape index (κ1) is 21.4. The van der Waals surface area contributed by atoms with Gasteiger partial charge in [-0.15, -0.1) is 0 Å². The zero-order valence-electron chi connectivity index (χ0n) is 15.3. The average Bonchev–Trinajstić information content (AvgIpc) is 2.60. The van der Waals surface area contributed by atoms with Crippen LogP contribution in [0.4, 0.5) is 0 Å². The number of rotatable bonds is 10. The summed E-state index contributed by atoms with van der Waals surface area (Å²) in [4.78, 5) is 18.4. The molecule has 1 rings (SSSR count). The first-order chi connectivity index (χ1) is 12.1. The van der Waals surface area contributed by atoms with Crippen molar-refractivity contribution >= 4 is 27.8 Å². The lowest BCUT2D eigenvalue weighted by Gasteiger charge is -2.19. The van der Waals surface area contributed by atoms with Crippen molar-refractivity contribution in [2.24, 2.45) is 4.99 Å². The molecule has 1 aromatic carbocycles. The van der Waals surface area contributed by atoms with E-state index >= 15 is 0 Å². The standard InChI is InChI=1S/C18H29BrN4O2/c1-4-20-18(22-12-13-25-5-2)21-11-10-17(24)23(3)14-15-8-6-7-9-16(15)19/h6-9H,4-5,10-14H2,1-3H3,(H2,20,21,22). The predicted octanol–water partition coefficient (Wildman–Crippen LogP) is 2.39. The molecule has 7 heteroatoms. The predicted molar refractivity (Wildman–Crippen MR) is 106 cm³/mol. The molecule has 0 bridgehead atoms. The minimum Gasteiger partial charge on any atom is -0.380 e. The van der Waals surface area contributed by atoms with Crippen LogP contribution in [0.25, 0.3) is 0 Å². The van der Waals surface area contributed by atoms with Gasteiger partial charge in [-0.2, -0.15) is 0 Å². The molecule has 0 heterocycles. The molecule has 1 aromatic rings. The summed E-state index contributed by atoms with van der Waals surface area (Å²) in [6, 6.07) is 7.94. The summed E-state index contributed by atoms with van der Waals surface area (Å²) in [5, 5.41) is 6.35. The number of aliphatic imine (C=N–C) groups is 1. The molecule has 0 fully saturated rings. The van der Waals surface area contributed by atoms with Crippen LogP contribution in [-0.4, -0.2) is 56.7 Å². The average molecular weight is 413 g/mol. The van der Waals surface area contributed by atoms with E-state index in [1.54, 1.807) is 4.90 Å². The van der Waals surface area contributed by atoms with Gasteiger partial charge in [0.05, 0.1) is 13.2 Å². The molecule has 0 radical (unpaired) electrons. The Hall–Kier alpha value is -1.60. The van der Waals surface area contributed by atoms with Gasteiger partial charge in [-0.05, 0) is 25.5 Å². The van der Waals surface area contributed by atoms with Crippen LogP contribution >= 0.6 is 15.9 Å². The molecular weight excluding hydrogens is 384 g/mol. The first-order valence-electron chi connectivity index (χ1n) is 8.65. The molecule has 2 N–H and O–H groups in total. The van der Waals surface area contributed by atoms with Gasteiger partial charge in [-0.25, -0.2) is 0 Å². The number of amides is 1. The number of guanidine groups is 1. The van der Waals surface area contributed by atoms with Gasteiger partial charge in [0.1, 0.15) is 0 Å². The molecule has 0 aliphatic heterocycles. The number of hydrogen-bond donors (Lipinski definition) is 2. The minimum absolute atomic E-state index is 0.0911. The van der Waals surface area contributed by atoms with Crippen molar-refractivity contribution < 1.29 is 9.53 Å². The van der Waals surface area contributed by atoms with Gasteiger partial charge in [0.25, 0.3) is 0 Å². The number of nitrogens with one attached hydrogen (secondary N) is 2. The molecule has 0 saturated heterocycles. The third-order valence-corrected chi connectivity index (χ3v) is 4.25. The summed E-state index contributed by atoms with van der Waals surface area (Å²) in [6.07, 6.45) is 0.414. The lowest BCUT2D eigenvalue weighted by Crippen LogP contribution is -2.39. The molecule has 140 valence electrons. The highest BCUT2D eigenvalue weighted by molar-refractivity contribution is 9.10. The van der Waals surface area contributed by atoms with Crippen LogP contribution in [0.2, 0.25) is 0 Å². The number of benzene rings is 1. The van der Waals surface area contributed by atoms with Gasteiger partial charge >= 0.3 is 0 Å². The van der Waals surface area contributed by atoms with Crippen LogP contribution in [0.1, 0.15) is 25.8 Å². The van der Waals surface area contributed by atoms with Gasteiger partial charge in [0.15, 0.2) is 5.96 Å². The summed E-state index contributed by atoms with van der Waals surface area (Å²) >= 11 is 3.51. The second-order valence-corrected chi connectivity index (χ2v) is 6.33. The van der Waals surface area contributed by atoms with E-state index in [0.717, 1.165) is 16.6 Å². The zero-order chi connectivity index (χ0) is 18.5. The van der Waals surface area contributed by atoms with E-state index in [0.29, 0.717) is 45.2 Å². The topological polar surface area (TPSA) is 66.0 Å². The Morgan fingerprint density at radius 2 is 2.04 bits per heavy atom. The van der Waals surface area contributed by atoms with E-state index in [2.05, 4.69) is 31.6 Å². The molecule has 0 aromatic heterocycles. The Morgan fingerprint density at radius 3 is 2.72 bits per heavy atom. The Bertz CT molecular complexity index is 552. The third-order valence-electron chi connectivity index (χ3n) is 3.48. The Labute approximate surface area is 159 Å². The highest BCUT2D eigenvalue weighted by Crippen LogP contribution is 2.17. The number of hydrogen-bond acceptors (Lipinski definition) is 3. The van der Waals surface area contributed by atoms with Crippen LogP contribution < -0.4 is 10.6 Å². The summed E-state index contributed by atoms with van der Waals surface area (Å²) in [7, 11) is 1.82. The van der Waals surface area contributed by atoms with Crippen molar-refractivity contribution in [3.8, 4) is 0 Å². The van der Waals surface area contributed by atoms with Crippen molar-refractivity contribution in [1.82, 2.24) is 15.5 Å². The number of nitrogens with zero attached hydrogens (tertiary/aromatic N) is 2. The van der Waals surface area contributed by atoms with E-state index in [1.165, 1.54) is 0 Å². The van der Waals surface area contributed by atoms with Crippen LogP contribution in [0.3, 0.4) is 0 Å². The maximum atomic E-state index is 12.3. The van der Waals surface area contributed by atoms with Crippen molar-refractivity contribution in [2.75, 3.05) is 39.9 Å². The molecule has 0 atom stereocenters. The van der Waals surface area contributed by atoms with Gasteiger partial charge in [0, 0.05) is 44.2 Å². The first-order valence-corrected chi connectivity index (χ1v) is 9.45. The lowest BCUT2D eigenvalue weighted by atomic mass is 10.2. The van der Waals surface area contributed by atoms with E-state index in [4.69, 9.17) is 4.74 Å². The SMILES string of the molecule is CCNC(=NCCOCC)NCCC(=O)N(C)Cc1ccccc1Br. The quantitative estimate of drug-likeness (QED) is 0.351. The van der Waals surface area contributed by atoms with E-state index in [-0.39, 0.29) is 5.91 Å². The molecule has 0 aliphatic rings. The number of carbonyl (C=O) groups excluding carboxylic acids is 1. The minimum atomic E-state index is 0.0911. The van der Waals surface area contributed by atoms with E-state index < -0.39 is 0 Å². The van der Waals surface area contributed by atoms with E-state index in [9.17, 15) is 4.79 Å². The summed E-state index contributed by atoms with van der Waals surface area (Å²) < 4.78 is 6.29. The van der Waals surface area contributed by atoms with Crippen molar-refractivity contribution in [1.29, 1.82) is 0 Å². The Morgan fingerprint density at radius 1 is 1.28 bits per heavy atom. The zero-order valence-corrected chi connectivity index (χ0v) is 16.9. The number of halogens is 1. The Kier molecular flexibility index (Phi) is 10.9. The summed E-state index contributed by atoms with van der Waals surface area (Å²) in [6.45, 7) is 7.76. The van der Waals surface area contributed by atoms with Gasteiger partial charge in [-0.3, -0.25) is 9.79 Å². The smallest absolute Gasteiger partial charge is 0.224 e. The maximum absolute atomic E-state index is 12.3. The van der Waals surface area contributed by atoms with Crippen molar-refractivity contribution in [3.63, 3.8) is 0 Å². The second-order valence-electron chi connectivity index (χ2n) is 5.48. The molecule has 25 heavy (non-hydrogen) atoms. The van der Waals surface area contributed by atoms with Gasteiger partial charge in [-0.1, -0.05) is 34.1 Å². The van der Waals surface area contributed by atoms with Gasteiger partial charge in [0.2, 0.25) is 5.91 Å². The monoisotopic (exact) mass is 412 g/mol. The molecule has 0 saturated carbocycles. The van der Waals surface area contributed by atoms with Crippen LogP contribution in [-0.2, 0) is 16.1 Å². The molecule has 1 amide bonds.